The minimum absolute atomic E-state index is 0.114. The van der Waals surface area contributed by atoms with Gasteiger partial charge >= 0.3 is 0 Å². The van der Waals surface area contributed by atoms with Gasteiger partial charge in [-0.2, -0.15) is 0 Å². The predicted octanol–water partition coefficient (Wildman–Crippen LogP) is 6.19. The number of hydrogen-bond donors (Lipinski definition) is 0. The van der Waals surface area contributed by atoms with Crippen molar-refractivity contribution >= 4 is 22.4 Å². The number of aromatic nitrogens is 1. The van der Waals surface area contributed by atoms with Crippen LogP contribution in [0.1, 0.15) is 71.1 Å². The lowest BCUT2D eigenvalue weighted by Crippen LogP contribution is -2.46. The summed E-state index contributed by atoms with van der Waals surface area (Å²) in [6.45, 7) is 7.62. The molecule has 0 bridgehead atoms. The molecule has 31 heavy (non-hydrogen) atoms. The predicted molar refractivity (Wildman–Crippen MR) is 129 cm³/mol. The number of anilines is 1. The fourth-order valence-electron chi connectivity index (χ4n) is 4.42. The second kappa shape index (κ2) is 12.6. The first kappa shape index (κ1) is 23.5. The Morgan fingerprint density at radius 3 is 2.16 bits per heavy atom. The summed E-state index contributed by atoms with van der Waals surface area (Å²) in [4.78, 5) is 20.2. The molecule has 0 N–H and O–H groups in total. The molecule has 1 aromatic heterocycles. The first-order valence-corrected chi connectivity index (χ1v) is 12.2. The Hall–Kier alpha value is -2.21. The Balaban J connectivity index is 1.32. The van der Waals surface area contributed by atoms with Crippen LogP contribution in [0.25, 0.3) is 10.9 Å². The molecule has 6 nitrogen and oxygen atoms in total. The van der Waals surface area contributed by atoms with Crippen LogP contribution in [0.4, 0.5) is 11.5 Å². The number of nitro groups is 1. The molecule has 0 saturated carbocycles. The molecule has 0 atom stereocenters. The van der Waals surface area contributed by atoms with E-state index < -0.39 is 0 Å². The van der Waals surface area contributed by atoms with Crippen molar-refractivity contribution in [2.75, 3.05) is 37.6 Å². The number of non-ortho nitro benzene ring substituents is 1. The van der Waals surface area contributed by atoms with Gasteiger partial charge in [0.15, 0.2) is 0 Å². The minimum atomic E-state index is -0.360. The molecule has 1 fully saturated rings. The molecular weight excluding hydrogens is 388 g/mol. The molecule has 1 aliphatic rings. The Morgan fingerprint density at radius 1 is 0.871 bits per heavy atom. The highest BCUT2D eigenvalue weighted by Crippen LogP contribution is 2.23. The van der Waals surface area contributed by atoms with Crippen LogP contribution >= 0.6 is 0 Å². The van der Waals surface area contributed by atoms with Gasteiger partial charge in [-0.15, -0.1) is 0 Å². The molecule has 170 valence electrons. The number of benzene rings is 1. The van der Waals surface area contributed by atoms with E-state index in [0.29, 0.717) is 0 Å². The molecule has 1 aliphatic heterocycles. The van der Waals surface area contributed by atoms with Gasteiger partial charge in [-0.3, -0.25) is 15.0 Å². The average molecular weight is 427 g/mol. The molecule has 1 aromatic carbocycles. The zero-order valence-corrected chi connectivity index (χ0v) is 19.1. The van der Waals surface area contributed by atoms with Gasteiger partial charge in [0.25, 0.3) is 5.69 Å². The standard InChI is InChI=1S/C25H38N4O2/c1-2-3-4-5-6-7-8-9-10-11-16-27-17-19-28(20-18-27)25-15-12-22-21-23(29(30)31)13-14-24(22)26-25/h12-15,21H,2-11,16-20H2,1H3. The van der Waals surface area contributed by atoms with Gasteiger partial charge in [0.05, 0.1) is 10.4 Å². The summed E-state index contributed by atoms with van der Waals surface area (Å²) < 4.78 is 0. The molecular formula is C25H38N4O2. The van der Waals surface area contributed by atoms with Crippen LogP contribution in [0.2, 0.25) is 0 Å². The quantitative estimate of drug-likeness (QED) is 0.217. The van der Waals surface area contributed by atoms with E-state index in [4.69, 9.17) is 4.98 Å². The highest BCUT2D eigenvalue weighted by atomic mass is 16.6. The van der Waals surface area contributed by atoms with Crippen molar-refractivity contribution in [3.63, 3.8) is 0 Å². The maximum Gasteiger partial charge on any atom is 0.270 e. The normalized spacial score (nSPS) is 14.9. The van der Waals surface area contributed by atoms with Gasteiger partial charge in [0.2, 0.25) is 0 Å². The number of hydrogen-bond acceptors (Lipinski definition) is 5. The number of piperazine rings is 1. The lowest BCUT2D eigenvalue weighted by molar-refractivity contribution is -0.384. The maximum absolute atomic E-state index is 10.9. The van der Waals surface area contributed by atoms with Gasteiger partial charge in [-0.1, -0.05) is 64.7 Å². The van der Waals surface area contributed by atoms with Crippen LogP contribution in [0.5, 0.6) is 0 Å². The van der Waals surface area contributed by atoms with Gasteiger partial charge in [0, 0.05) is 43.7 Å². The Labute approximate surface area is 186 Å². The second-order valence-electron chi connectivity index (χ2n) is 8.81. The van der Waals surface area contributed by atoms with Gasteiger partial charge in [0.1, 0.15) is 5.82 Å². The average Bonchev–Trinajstić information content (AvgIpc) is 2.80. The van der Waals surface area contributed by atoms with Crippen molar-refractivity contribution in [3.8, 4) is 0 Å². The monoisotopic (exact) mass is 426 g/mol. The first-order valence-electron chi connectivity index (χ1n) is 12.2. The molecule has 0 unspecified atom stereocenters. The van der Waals surface area contributed by atoms with E-state index in [-0.39, 0.29) is 10.6 Å². The third-order valence-electron chi connectivity index (χ3n) is 6.39. The number of pyridine rings is 1. The van der Waals surface area contributed by atoms with Crippen LogP contribution in [-0.4, -0.2) is 47.5 Å². The van der Waals surface area contributed by atoms with E-state index in [1.54, 1.807) is 12.1 Å². The number of nitro benzene ring substituents is 1. The summed E-state index contributed by atoms with van der Waals surface area (Å²) in [6, 6.07) is 8.81. The summed E-state index contributed by atoms with van der Waals surface area (Å²) in [6.07, 6.45) is 13.8. The topological polar surface area (TPSA) is 62.5 Å². The highest BCUT2D eigenvalue weighted by Gasteiger charge is 2.18. The van der Waals surface area contributed by atoms with E-state index in [1.165, 1.54) is 76.8 Å². The Kier molecular flexibility index (Phi) is 9.53. The molecule has 1 saturated heterocycles. The lowest BCUT2D eigenvalue weighted by atomic mass is 10.1. The second-order valence-corrected chi connectivity index (χ2v) is 8.81. The van der Waals surface area contributed by atoms with Crippen LogP contribution < -0.4 is 4.90 Å². The lowest BCUT2D eigenvalue weighted by Gasteiger charge is -2.35. The SMILES string of the molecule is CCCCCCCCCCCCN1CCN(c2ccc3cc([N+](=O)[O-])ccc3n2)CC1. The largest absolute Gasteiger partial charge is 0.354 e. The molecule has 0 spiro atoms. The molecule has 0 amide bonds. The number of nitrogens with zero attached hydrogens (tertiary/aromatic N) is 4. The smallest absolute Gasteiger partial charge is 0.270 e. The van der Waals surface area contributed by atoms with E-state index in [9.17, 15) is 10.1 Å². The van der Waals surface area contributed by atoms with Gasteiger partial charge < -0.3 is 4.90 Å². The van der Waals surface area contributed by atoms with Crippen molar-refractivity contribution in [1.29, 1.82) is 0 Å². The fourth-order valence-corrected chi connectivity index (χ4v) is 4.42. The van der Waals surface area contributed by atoms with Crippen LogP contribution in [0.15, 0.2) is 30.3 Å². The van der Waals surface area contributed by atoms with Crippen molar-refractivity contribution in [2.24, 2.45) is 0 Å². The molecule has 2 aromatic rings. The summed E-state index contributed by atoms with van der Waals surface area (Å²) in [7, 11) is 0. The molecule has 3 rings (SSSR count). The first-order chi connectivity index (χ1) is 15.2. The summed E-state index contributed by atoms with van der Waals surface area (Å²) in [5, 5.41) is 11.8. The summed E-state index contributed by atoms with van der Waals surface area (Å²) >= 11 is 0. The van der Waals surface area contributed by atoms with Crippen LogP contribution in [-0.2, 0) is 0 Å². The van der Waals surface area contributed by atoms with Crippen molar-refractivity contribution in [3.05, 3.63) is 40.4 Å². The fraction of sp³-hybridized carbons (Fsp3) is 0.640. The number of unbranched alkanes of at least 4 members (excludes halogenated alkanes) is 9. The third-order valence-corrected chi connectivity index (χ3v) is 6.39. The van der Waals surface area contributed by atoms with Gasteiger partial charge in [-0.05, 0) is 31.2 Å². The summed E-state index contributed by atoms with van der Waals surface area (Å²) in [5.74, 6) is 0.972. The molecule has 6 heteroatoms. The van der Waals surface area contributed by atoms with E-state index in [2.05, 4.69) is 16.7 Å². The van der Waals surface area contributed by atoms with E-state index in [1.807, 2.05) is 12.1 Å². The Morgan fingerprint density at radius 2 is 1.52 bits per heavy atom. The van der Waals surface area contributed by atoms with Gasteiger partial charge in [-0.25, -0.2) is 4.98 Å². The third kappa shape index (κ3) is 7.46. The maximum atomic E-state index is 10.9. The molecule has 0 radical (unpaired) electrons. The number of fused-ring (bicyclic) bond motifs is 1. The zero-order valence-electron chi connectivity index (χ0n) is 19.1. The summed E-state index contributed by atoms with van der Waals surface area (Å²) in [5.41, 5.74) is 0.929. The molecule has 0 aliphatic carbocycles. The van der Waals surface area contributed by atoms with Crippen molar-refractivity contribution < 1.29 is 4.92 Å². The van der Waals surface area contributed by atoms with Crippen molar-refractivity contribution in [2.45, 2.75) is 71.1 Å². The zero-order chi connectivity index (χ0) is 21.9. The van der Waals surface area contributed by atoms with E-state index >= 15 is 0 Å². The highest BCUT2D eigenvalue weighted by molar-refractivity contribution is 5.82. The van der Waals surface area contributed by atoms with E-state index in [0.717, 1.165) is 42.9 Å². The van der Waals surface area contributed by atoms with Crippen LogP contribution in [0.3, 0.4) is 0 Å². The van der Waals surface area contributed by atoms with Crippen molar-refractivity contribution in [1.82, 2.24) is 9.88 Å². The number of rotatable bonds is 13. The minimum Gasteiger partial charge on any atom is -0.354 e. The molecule has 2 heterocycles. The van der Waals surface area contributed by atoms with Crippen LogP contribution in [0, 0.1) is 10.1 Å². The Bertz CT molecular complexity index is 818.